The molecule has 3 aromatic rings. The second kappa shape index (κ2) is 5.22. The summed E-state index contributed by atoms with van der Waals surface area (Å²) in [4.78, 5) is 6.88. The van der Waals surface area contributed by atoms with Crippen molar-refractivity contribution >= 4 is 16.7 Å². The van der Waals surface area contributed by atoms with Crippen LogP contribution in [0.25, 0.3) is 22.4 Å². The molecule has 21 heavy (non-hydrogen) atoms. The molecule has 2 N–H and O–H groups in total. The standard InChI is InChI=1S/C17H20N4/c1-20(2)14-6-4-5-13(10-14)17-19-15-9-12(11-18)7-8-16(15)21(17)3/h4-10H,11,18H2,1-3H3. The number of hydrogen-bond donors (Lipinski definition) is 1. The lowest BCUT2D eigenvalue weighted by molar-refractivity contribution is 0.958. The van der Waals surface area contributed by atoms with E-state index in [0.29, 0.717) is 6.54 Å². The Morgan fingerprint density at radius 2 is 1.95 bits per heavy atom. The first-order chi connectivity index (χ1) is 10.1. The summed E-state index contributed by atoms with van der Waals surface area (Å²) in [6.45, 7) is 0.540. The molecule has 3 rings (SSSR count). The van der Waals surface area contributed by atoms with Crippen molar-refractivity contribution in [2.45, 2.75) is 6.54 Å². The van der Waals surface area contributed by atoms with Gasteiger partial charge < -0.3 is 15.2 Å². The van der Waals surface area contributed by atoms with Crippen molar-refractivity contribution in [3.63, 3.8) is 0 Å². The average molecular weight is 280 g/mol. The average Bonchev–Trinajstić information content (AvgIpc) is 2.84. The first-order valence-corrected chi connectivity index (χ1v) is 7.03. The van der Waals surface area contributed by atoms with E-state index in [4.69, 9.17) is 10.7 Å². The van der Waals surface area contributed by atoms with E-state index in [1.807, 2.05) is 14.1 Å². The minimum Gasteiger partial charge on any atom is -0.378 e. The summed E-state index contributed by atoms with van der Waals surface area (Å²) in [5, 5.41) is 0. The Kier molecular flexibility index (Phi) is 3.39. The van der Waals surface area contributed by atoms with E-state index < -0.39 is 0 Å². The maximum atomic E-state index is 5.71. The number of nitrogens with zero attached hydrogens (tertiary/aromatic N) is 3. The van der Waals surface area contributed by atoms with E-state index in [9.17, 15) is 0 Å². The van der Waals surface area contributed by atoms with Crippen molar-refractivity contribution in [1.29, 1.82) is 0 Å². The third-order valence-corrected chi connectivity index (χ3v) is 3.80. The zero-order chi connectivity index (χ0) is 15.0. The predicted octanol–water partition coefficient (Wildman–Crippen LogP) is 2.77. The highest BCUT2D eigenvalue weighted by molar-refractivity contribution is 5.81. The zero-order valence-corrected chi connectivity index (χ0v) is 12.7. The molecule has 0 fully saturated rings. The molecule has 108 valence electrons. The molecule has 0 atom stereocenters. The van der Waals surface area contributed by atoms with Gasteiger partial charge in [0.25, 0.3) is 0 Å². The fourth-order valence-electron chi connectivity index (χ4n) is 2.55. The Morgan fingerprint density at radius 3 is 2.67 bits per heavy atom. The number of rotatable bonds is 3. The van der Waals surface area contributed by atoms with Gasteiger partial charge in [-0.2, -0.15) is 0 Å². The number of fused-ring (bicyclic) bond motifs is 1. The molecule has 0 amide bonds. The van der Waals surface area contributed by atoms with Crippen molar-refractivity contribution in [1.82, 2.24) is 9.55 Å². The molecule has 4 heteroatoms. The molecule has 0 radical (unpaired) electrons. The van der Waals surface area contributed by atoms with Crippen LogP contribution in [0.3, 0.4) is 0 Å². The Labute approximate surface area is 124 Å². The van der Waals surface area contributed by atoms with Gasteiger partial charge in [0, 0.05) is 38.9 Å². The van der Waals surface area contributed by atoms with Crippen LogP contribution in [0.5, 0.6) is 0 Å². The Bertz CT molecular complexity index is 787. The first kappa shape index (κ1) is 13.6. The van der Waals surface area contributed by atoms with Gasteiger partial charge in [0.2, 0.25) is 0 Å². The van der Waals surface area contributed by atoms with Gasteiger partial charge in [-0.3, -0.25) is 0 Å². The lowest BCUT2D eigenvalue weighted by Gasteiger charge is -2.13. The number of nitrogens with two attached hydrogens (primary N) is 1. The quantitative estimate of drug-likeness (QED) is 0.802. The van der Waals surface area contributed by atoms with Crippen LogP contribution in [-0.4, -0.2) is 23.6 Å². The highest BCUT2D eigenvalue weighted by atomic mass is 15.1. The van der Waals surface area contributed by atoms with Crippen LogP contribution in [0.1, 0.15) is 5.56 Å². The summed E-state index contributed by atoms with van der Waals surface area (Å²) in [6, 6.07) is 14.6. The second-order valence-electron chi connectivity index (χ2n) is 5.47. The number of hydrogen-bond acceptors (Lipinski definition) is 3. The van der Waals surface area contributed by atoms with Crippen LogP contribution in [0.4, 0.5) is 5.69 Å². The van der Waals surface area contributed by atoms with Crippen molar-refractivity contribution in [2.75, 3.05) is 19.0 Å². The van der Waals surface area contributed by atoms with Crippen LogP contribution < -0.4 is 10.6 Å². The lowest BCUT2D eigenvalue weighted by atomic mass is 10.2. The van der Waals surface area contributed by atoms with E-state index >= 15 is 0 Å². The molecule has 0 aliphatic carbocycles. The van der Waals surface area contributed by atoms with Crippen LogP contribution in [-0.2, 0) is 13.6 Å². The minimum atomic E-state index is 0.540. The maximum absolute atomic E-state index is 5.71. The summed E-state index contributed by atoms with van der Waals surface area (Å²) in [5.74, 6) is 0.975. The molecule has 4 nitrogen and oxygen atoms in total. The molecule has 0 bridgehead atoms. The lowest BCUT2D eigenvalue weighted by Crippen LogP contribution is -2.08. The van der Waals surface area contributed by atoms with Crippen LogP contribution in [0, 0.1) is 0 Å². The molecule has 1 aromatic heterocycles. The maximum Gasteiger partial charge on any atom is 0.140 e. The Morgan fingerprint density at radius 1 is 1.14 bits per heavy atom. The van der Waals surface area contributed by atoms with Gasteiger partial charge in [0.15, 0.2) is 0 Å². The molecule has 0 aliphatic heterocycles. The summed E-state index contributed by atoms with van der Waals surface area (Å²) >= 11 is 0. The Balaban J connectivity index is 2.16. The number of aryl methyl sites for hydroxylation is 1. The fourth-order valence-corrected chi connectivity index (χ4v) is 2.55. The Hall–Kier alpha value is -2.33. The molecule has 0 spiro atoms. The summed E-state index contributed by atoms with van der Waals surface area (Å²) in [5.41, 5.74) is 11.2. The van der Waals surface area contributed by atoms with E-state index in [2.05, 4.69) is 59.0 Å². The molecule has 1 heterocycles. The van der Waals surface area contributed by atoms with Gasteiger partial charge in [-0.05, 0) is 29.8 Å². The van der Waals surface area contributed by atoms with Crippen LogP contribution >= 0.6 is 0 Å². The van der Waals surface area contributed by atoms with Crippen molar-refractivity contribution in [3.05, 3.63) is 48.0 Å². The molecule has 0 aliphatic rings. The number of anilines is 1. The monoisotopic (exact) mass is 280 g/mol. The second-order valence-corrected chi connectivity index (χ2v) is 5.47. The van der Waals surface area contributed by atoms with E-state index in [0.717, 1.165) is 28.0 Å². The van der Waals surface area contributed by atoms with Gasteiger partial charge in [0.1, 0.15) is 5.82 Å². The van der Waals surface area contributed by atoms with Crippen molar-refractivity contribution in [2.24, 2.45) is 12.8 Å². The highest BCUT2D eigenvalue weighted by Crippen LogP contribution is 2.26. The topological polar surface area (TPSA) is 47.1 Å². The zero-order valence-electron chi connectivity index (χ0n) is 12.7. The molecular formula is C17H20N4. The summed E-state index contributed by atoms with van der Waals surface area (Å²) in [6.07, 6.45) is 0. The number of imidazole rings is 1. The molecular weight excluding hydrogens is 260 g/mol. The summed E-state index contributed by atoms with van der Waals surface area (Å²) < 4.78 is 2.13. The van der Waals surface area contributed by atoms with E-state index in [1.165, 1.54) is 5.69 Å². The predicted molar refractivity (Wildman–Crippen MR) is 88.4 cm³/mol. The third kappa shape index (κ3) is 2.38. The SMILES string of the molecule is CN(C)c1cccc(-c2nc3cc(CN)ccc3n2C)c1. The minimum absolute atomic E-state index is 0.540. The van der Waals surface area contributed by atoms with E-state index in [-0.39, 0.29) is 0 Å². The van der Waals surface area contributed by atoms with Crippen molar-refractivity contribution in [3.8, 4) is 11.4 Å². The highest BCUT2D eigenvalue weighted by Gasteiger charge is 2.11. The molecule has 2 aromatic carbocycles. The van der Waals surface area contributed by atoms with Gasteiger partial charge in [-0.1, -0.05) is 18.2 Å². The number of benzene rings is 2. The van der Waals surface area contributed by atoms with Gasteiger partial charge in [0.05, 0.1) is 11.0 Å². The normalized spacial score (nSPS) is 11.0. The largest absolute Gasteiger partial charge is 0.378 e. The third-order valence-electron chi connectivity index (χ3n) is 3.80. The smallest absolute Gasteiger partial charge is 0.140 e. The summed E-state index contributed by atoms with van der Waals surface area (Å²) in [7, 11) is 6.14. The van der Waals surface area contributed by atoms with Gasteiger partial charge in [-0.25, -0.2) is 4.98 Å². The first-order valence-electron chi connectivity index (χ1n) is 7.03. The van der Waals surface area contributed by atoms with Gasteiger partial charge >= 0.3 is 0 Å². The van der Waals surface area contributed by atoms with Crippen LogP contribution in [0.2, 0.25) is 0 Å². The molecule has 0 saturated heterocycles. The fraction of sp³-hybridized carbons (Fsp3) is 0.235. The van der Waals surface area contributed by atoms with Gasteiger partial charge in [-0.15, -0.1) is 0 Å². The number of aromatic nitrogens is 2. The van der Waals surface area contributed by atoms with Crippen LogP contribution in [0.15, 0.2) is 42.5 Å². The molecule has 0 saturated carbocycles. The van der Waals surface area contributed by atoms with Crippen molar-refractivity contribution < 1.29 is 0 Å². The van der Waals surface area contributed by atoms with E-state index in [1.54, 1.807) is 0 Å². The molecule has 0 unspecified atom stereocenters.